The van der Waals surface area contributed by atoms with Crippen LogP contribution in [-0.2, 0) is 19.1 Å². The van der Waals surface area contributed by atoms with E-state index in [1.807, 2.05) is 19.1 Å². The molecule has 0 fully saturated rings. The van der Waals surface area contributed by atoms with Crippen LogP contribution >= 0.6 is 0 Å². The van der Waals surface area contributed by atoms with Gasteiger partial charge in [-0.25, -0.2) is 0 Å². The van der Waals surface area contributed by atoms with Crippen LogP contribution in [0.25, 0.3) is 0 Å². The zero-order valence-electron chi connectivity index (χ0n) is 10.7. The Kier molecular flexibility index (Phi) is 4.73. The first-order valence-corrected chi connectivity index (χ1v) is 5.90. The highest BCUT2D eigenvalue weighted by molar-refractivity contribution is 5.76. The molecule has 0 saturated carbocycles. The Morgan fingerprint density at radius 3 is 2.65 bits per heavy atom. The van der Waals surface area contributed by atoms with Crippen molar-refractivity contribution in [3.05, 3.63) is 12.2 Å². The molecule has 17 heavy (non-hydrogen) atoms. The molecule has 96 valence electrons. The Morgan fingerprint density at radius 2 is 2.06 bits per heavy atom. The fourth-order valence-electron chi connectivity index (χ4n) is 2.09. The van der Waals surface area contributed by atoms with Gasteiger partial charge < -0.3 is 9.47 Å². The van der Waals surface area contributed by atoms with Crippen molar-refractivity contribution >= 4 is 11.9 Å². The van der Waals surface area contributed by atoms with Crippen molar-refractivity contribution in [2.75, 3.05) is 7.11 Å². The van der Waals surface area contributed by atoms with E-state index in [4.69, 9.17) is 9.47 Å². The van der Waals surface area contributed by atoms with Gasteiger partial charge in [-0.2, -0.15) is 0 Å². The number of allylic oxidation sites excluding steroid dienone is 1. The summed E-state index contributed by atoms with van der Waals surface area (Å²) in [4.78, 5) is 22.6. The summed E-state index contributed by atoms with van der Waals surface area (Å²) < 4.78 is 9.99. The molecule has 0 aromatic rings. The van der Waals surface area contributed by atoms with E-state index in [1.165, 1.54) is 14.0 Å². The fourth-order valence-corrected chi connectivity index (χ4v) is 2.09. The lowest BCUT2D eigenvalue weighted by Crippen LogP contribution is -2.31. The number of carbonyl (C=O) groups excluding carboxylic acids is 2. The molecular weight excluding hydrogens is 220 g/mol. The van der Waals surface area contributed by atoms with E-state index in [9.17, 15) is 9.59 Å². The Hall–Kier alpha value is -1.32. The molecule has 0 heterocycles. The number of esters is 2. The first-order valence-electron chi connectivity index (χ1n) is 5.90. The van der Waals surface area contributed by atoms with Gasteiger partial charge in [0.2, 0.25) is 0 Å². The zero-order valence-corrected chi connectivity index (χ0v) is 10.7. The van der Waals surface area contributed by atoms with Gasteiger partial charge in [0.05, 0.1) is 12.5 Å². The summed E-state index contributed by atoms with van der Waals surface area (Å²) in [6, 6.07) is 0. The highest BCUT2D eigenvalue weighted by Gasteiger charge is 2.34. The molecule has 0 bridgehead atoms. The Labute approximate surface area is 102 Å². The van der Waals surface area contributed by atoms with Crippen LogP contribution in [0.3, 0.4) is 0 Å². The van der Waals surface area contributed by atoms with E-state index in [0.29, 0.717) is 12.8 Å². The average molecular weight is 240 g/mol. The summed E-state index contributed by atoms with van der Waals surface area (Å²) in [7, 11) is 1.41. The van der Waals surface area contributed by atoms with E-state index < -0.39 is 5.41 Å². The van der Waals surface area contributed by atoms with Crippen molar-refractivity contribution < 1.29 is 19.1 Å². The molecule has 1 aliphatic rings. The van der Waals surface area contributed by atoms with Crippen LogP contribution in [0, 0.1) is 5.41 Å². The molecule has 2 atom stereocenters. The number of ether oxygens (including phenoxy) is 2. The van der Waals surface area contributed by atoms with Crippen LogP contribution in [0.5, 0.6) is 0 Å². The maximum absolute atomic E-state index is 11.7. The van der Waals surface area contributed by atoms with E-state index in [1.54, 1.807) is 0 Å². The maximum Gasteiger partial charge on any atom is 0.311 e. The summed E-state index contributed by atoms with van der Waals surface area (Å²) in [5.41, 5.74) is -0.474. The number of methoxy groups -OCH3 is 1. The first kappa shape index (κ1) is 13.7. The molecule has 0 N–H and O–H groups in total. The minimum absolute atomic E-state index is 0.186. The highest BCUT2D eigenvalue weighted by Crippen LogP contribution is 2.33. The molecule has 1 rings (SSSR count). The first-order chi connectivity index (χ1) is 7.98. The molecule has 0 aromatic carbocycles. The molecule has 0 radical (unpaired) electrons. The van der Waals surface area contributed by atoms with Gasteiger partial charge >= 0.3 is 11.9 Å². The minimum Gasteiger partial charge on any atom is -0.469 e. The van der Waals surface area contributed by atoms with Crippen molar-refractivity contribution in [2.45, 2.75) is 45.6 Å². The number of rotatable bonds is 2. The molecule has 0 saturated heterocycles. The van der Waals surface area contributed by atoms with Gasteiger partial charge in [-0.05, 0) is 38.7 Å². The molecule has 1 unspecified atom stereocenters. The van der Waals surface area contributed by atoms with Crippen molar-refractivity contribution in [1.82, 2.24) is 0 Å². The highest BCUT2D eigenvalue weighted by atomic mass is 16.5. The summed E-state index contributed by atoms with van der Waals surface area (Å²) in [6.45, 7) is 3.30. The van der Waals surface area contributed by atoms with Gasteiger partial charge in [0, 0.05) is 6.92 Å². The lowest BCUT2D eigenvalue weighted by Gasteiger charge is -2.29. The summed E-state index contributed by atoms with van der Waals surface area (Å²) in [6.07, 6.45) is 6.53. The smallest absolute Gasteiger partial charge is 0.311 e. The molecule has 0 spiro atoms. The van der Waals surface area contributed by atoms with Gasteiger partial charge in [0.15, 0.2) is 0 Å². The van der Waals surface area contributed by atoms with Crippen molar-refractivity contribution in [3.63, 3.8) is 0 Å². The monoisotopic (exact) mass is 240 g/mol. The molecule has 4 nitrogen and oxygen atoms in total. The third-order valence-electron chi connectivity index (χ3n) is 3.19. The molecule has 0 aromatic heterocycles. The minimum atomic E-state index is -0.474. The standard InChI is InChI=1S/C13H20O4/c1-10(14)17-11-6-4-5-8-13(2,9-7-11)12(15)16-3/h4,6,11H,5,7-9H2,1-3H3/b6-4+/t11?,13-/m1/s1. The SMILES string of the molecule is COC(=O)[C@]1(C)CC/C=C/C(OC(C)=O)CC1. The van der Waals surface area contributed by atoms with Crippen LogP contribution < -0.4 is 0 Å². The normalized spacial score (nSPS) is 30.9. The lowest BCUT2D eigenvalue weighted by atomic mass is 9.79. The van der Waals surface area contributed by atoms with E-state index in [0.717, 1.165) is 12.8 Å². The second-order valence-electron chi connectivity index (χ2n) is 4.71. The average Bonchev–Trinajstić information content (AvgIpc) is 2.27. The maximum atomic E-state index is 11.7. The Morgan fingerprint density at radius 1 is 1.35 bits per heavy atom. The van der Waals surface area contributed by atoms with E-state index in [2.05, 4.69) is 0 Å². The van der Waals surface area contributed by atoms with Gasteiger partial charge in [-0.3, -0.25) is 9.59 Å². The van der Waals surface area contributed by atoms with Crippen molar-refractivity contribution in [3.8, 4) is 0 Å². The fraction of sp³-hybridized carbons (Fsp3) is 0.692. The predicted octanol–water partition coefficient (Wildman–Crippen LogP) is 2.23. The van der Waals surface area contributed by atoms with Gasteiger partial charge in [0.1, 0.15) is 6.10 Å². The van der Waals surface area contributed by atoms with Gasteiger partial charge in [-0.1, -0.05) is 6.08 Å². The van der Waals surface area contributed by atoms with Gasteiger partial charge in [0.25, 0.3) is 0 Å². The molecule has 1 aliphatic carbocycles. The van der Waals surface area contributed by atoms with Crippen molar-refractivity contribution in [1.29, 1.82) is 0 Å². The van der Waals surface area contributed by atoms with Crippen molar-refractivity contribution in [2.24, 2.45) is 5.41 Å². The lowest BCUT2D eigenvalue weighted by molar-refractivity contribution is -0.153. The van der Waals surface area contributed by atoms with Crippen LogP contribution in [0.4, 0.5) is 0 Å². The molecule has 0 amide bonds. The van der Waals surface area contributed by atoms with Crippen LogP contribution in [0.1, 0.15) is 39.5 Å². The number of carbonyl (C=O) groups is 2. The summed E-state index contributed by atoms with van der Waals surface area (Å²) in [5, 5.41) is 0. The topological polar surface area (TPSA) is 52.6 Å². The molecular formula is C13H20O4. The predicted molar refractivity (Wildman–Crippen MR) is 63.3 cm³/mol. The zero-order chi connectivity index (χ0) is 12.9. The Bertz CT molecular complexity index is 321. The molecule has 4 heteroatoms. The summed E-state index contributed by atoms with van der Waals surface area (Å²) >= 11 is 0. The third-order valence-corrected chi connectivity index (χ3v) is 3.19. The largest absolute Gasteiger partial charge is 0.469 e. The third kappa shape index (κ3) is 3.88. The van der Waals surface area contributed by atoms with E-state index in [-0.39, 0.29) is 18.0 Å². The van der Waals surface area contributed by atoms with Crippen LogP contribution in [0.2, 0.25) is 0 Å². The van der Waals surface area contributed by atoms with Crippen LogP contribution in [0.15, 0.2) is 12.2 Å². The van der Waals surface area contributed by atoms with E-state index >= 15 is 0 Å². The molecule has 0 aliphatic heterocycles. The second-order valence-corrected chi connectivity index (χ2v) is 4.71. The number of hydrogen-bond donors (Lipinski definition) is 0. The van der Waals surface area contributed by atoms with Crippen LogP contribution in [-0.4, -0.2) is 25.2 Å². The second kappa shape index (κ2) is 5.84. The quantitative estimate of drug-likeness (QED) is 0.548. The number of hydrogen-bond acceptors (Lipinski definition) is 4. The Balaban J connectivity index is 2.69. The van der Waals surface area contributed by atoms with Gasteiger partial charge in [-0.15, -0.1) is 0 Å². The summed E-state index contributed by atoms with van der Waals surface area (Å²) in [5.74, 6) is -0.477.